The number of hydrogen-bond donors (Lipinski definition) is 0. The van der Waals surface area contributed by atoms with Gasteiger partial charge in [-0.3, -0.25) is 9.78 Å². The van der Waals surface area contributed by atoms with Crippen LogP contribution in [-0.2, 0) is 10.2 Å². The predicted molar refractivity (Wildman–Crippen MR) is 89.3 cm³/mol. The van der Waals surface area contributed by atoms with Crippen LogP contribution in [0.1, 0.15) is 45.2 Å². The number of aromatic nitrogens is 2. The van der Waals surface area contributed by atoms with Gasteiger partial charge in [-0.25, -0.2) is 4.98 Å². The maximum Gasteiger partial charge on any atom is 0.243 e. The van der Waals surface area contributed by atoms with Gasteiger partial charge in [0.2, 0.25) is 5.91 Å². The Bertz CT molecular complexity index is 710. The van der Waals surface area contributed by atoms with E-state index >= 15 is 0 Å². The quantitative estimate of drug-likeness (QED) is 0.830. The van der Waals surface area contributed by atoms with Crippen molar-refractivity contribution in [1.82, 2.24) is 14.9 Å². The monoisotopic (exact) mass is 325 g/mol. The van der Waals surface area contributed by atoms with Gasteiger partial charge in [0.25, 0.3) is 0 Å². The lowest BCUT2D eigenvalue weighted by Gasteiger charge is -2.49. The maximum atomic E-state index is 12.9. The van der Waals surface area contributed by atoms with Crippen LogP contribution < -0.4 is 4.90 Å². The van der Waals surface area contributed by atoms with Crippen molar-refractivity contribution in [2.75, 3.05) is 24.5 Å². The van der Waals surface area contributed by atoms with Crippen LogP contribution >= 0.6 is 0 Å². The smallest absolute Gasteiger partial charge is 0.243 e. The molecule has 1 amide bonds. The highest BCUT2D eigenvalue weighted by Crippen LogP contribution is 2.47. The number of anilines is 1. The number of nitriles is 1. The van der Waals surface area contributed by atoms with Crippen LogP contribution in [0.25, 0.3) is 0 Å². The number of nitrogens with zero attached hydrogens (tertiary/aromatic N) is 5. The van der Waals surface area contributed by atoms with Crippen molar-refractivity contribution >= 4 is 11.7 Å². The number of likely N-dealkylation sites (tertiary alicyclic amines) is 1. The van der Waals surface area contributed by atoms with Crippen molar-refractivity contribution in [1.29, 1.82) is 5.26 Å². The first-order valence-corrected chi connectivity index (χ1v) is 8.80. The predicted octanol–water partition coefficient (Wildman–Crippen LogP) is 1.87. The van der Waals surface area contributed by atoms with E-state index in [4.69, 9.17) is 0 Å². The summed E-state index contributed by atoms with van der Waals surface area (Å²) in [7, 11) is 0. The van der Waals surface area contributed by atoms with Gasteiger partial charge in [0.1, 0.15) is 5.41 Å². The van der Waals surface area contributed by atoms with Crippen molar-refractivity contribution < 1.29 is 4.79 Å². The molecular formula is C18H23N5O. The lowest BCUT2D eigenvalue weighted by atomic mass is 9.75. The second kappa shape index (κ2) is 5.17. The minimum atomic E-state index is -0.775. The molecule has 0 radical (unpaired) electrons. The fourth-order valence-corrected chi connectivity index (χ4v) is 4.55. The molecule has 0 unspecified atom stereocenters. The lowest BCUT2D eigenvalue weighted by molar-refractivity contribution is -0.146. The van der Waals surface area contributed by atoms with Crippen molar-refractivity contribution in [2.24, 2.45) is 5.41 Å². The zero-order chi connectivity index (χ0) is 16.9. The molecule has 1 aliphatic carbocycles. The number of carbonyl (C=O) groups excluding carboxylic acids is 1. The minimum Gasteiger partial charge on any atom is -0.352 e. The fraction of sp³-hybridized carbons (Fsp3) is 0.667. The molecule has 1 saturated heterocycles. The van der Waals surface area contributed by atoms with Crippen molar-refractivity contribution in [3.63, 3.8) is 0 Å². The van der Waals surface area contributed by atoms with E-state index in [0.717, 1.165) is 30.9 Å². The van der Waals surface area contributed by atoms with Gasteiger partial charge in [0, 0.05) is 38.1 Å². The van der Waals surface area contributed by atoms with Gasteiger partial charge in [-0.05, 0) is 26.7 Å². The Hall–Kier alpha value is -2.16. The third-order valence-electron chi connectivity index (χ3n) is 5.90. The van der Waals surface area contributed by atoms with E-state index in [1.807, 2.05) is 4.90 Å². The van der Waals surface area contributed by atoms with Crippen LogP contribution in [0.4, 0.5) is 5.82 Å². The van der Waals surface area contributed by atoms with Crippen LogP contribution in [0.15, 0.2) is 12.4 Å². The van der Waals surface area contributed by atoms with E-state index in [2.05, 4.69) is 34.8 Å². The molecule has 24 heavy (non-hydrogen) atoms. The summed E-state index contributed by atoms with van der Waals surface area (Å²) in [4.78, 5) is 26.2. The highest BCUT2D eigenvalue weighted by atomic mass is 16.2. The van der Waals surface area contributed by atoms with E-state index in [9.17, 15) is 10.1 Å². The van der Waals surface area contributed by atoms with E-state index in [-0.39, 0.29) is 11.3 Å². The average molecular weight is 325 g/mol. The second-order valence-electron chi connectivity index (χ2n) is 7.79. The molecule has 6 heteroatoms. The highest BCUT2D eigenvalue weighted by molar-refractivity contribution is 5.87. The molecule has 0 bridgehead atoms. The molecule has 0 aromatic carbocycles. The molecule has 1 saturated carbocycles. The Balaban J connectivity index is 1.57. The summed E-state index contributed by atoms with van der Waals surface area (Å²) in [6.07, 6.45) is 6.85. The van der Waals surface area contributed by atoms with E-state index < -0.39 is 5.41 Å². The Morgan fingerprint density at radius 3 is 2.50 bits per heavy atom. The Morgan fingerprint density at radius 2 is 1.88 bits per heavy atom. The summed E-state index contributed by atoms with van der Waals surface area (Å²) in [5, 5.41) is 9.56. The molecule has 2 fully saturated rings. The Kier molecular flexibility index (Phi) is 3.31. The van der Waals surface area contributed by atoms with Gasteiger partial charge < -0.3 is 9.80 Å². The van der Waals surface area contributed by atoms with E-state index in [1.165, 1.54) is 0 Å². The second-order valence-corrected chi connectivity index (χ2v) is 7.79. The highest BCUT2D eigenvalue weighted by Gasteiger charge is 2.57. The van der Waals surface area contributed by atoms with Gasteiger partial charge in [-0.1, -0.05) is 12.8 Å². The number of fused-ring (bicyclic) bond motifs is 2. The van der Waals surface area contributed by atoms with Crippen LogP contribution in [0.5, 0.6) is 0 Å². The van der Waals surface area contributed by atoms with Crippen molar-refractivity contribution in [3.8, 4) is 6.07 Å². The Morgan fingerprint density at radius 1 is 1.21 bits per heavy atom. The molecular weight excluding hydrogens is 302 g/mol. The summed E-state index contributed by atoms with van der Waals surface area (Å²) in [6.45, 7) is 6.48. The summed E-state index contributed by atoms with van der Waals surface area (Å²) in [5.41, 5.74) is 0.127. The molecule has 2 aliphatic heterocycles. The van der Waals surface area contributed by atoms with Gasteiger partial charge in [-0.2, -0.15) is 5.26 Å². The minimum absolute atomic E-state index is 0.0292. The molecule has 1 aromatic heterocycles. The number of hydrogen-bond acceptors (Lipinski definition) is 5. The first-order valence-electron chi connectivity index (χ1n) is 8.80. The SMILES string of the molecule is CC(C)N1CC2(CN(C(=O)C3(C#N)CCCC3)C2)c2nccnc21. The van der Waals surface area contributed by atoms with E-state index in [1.54, 1.807) is 12.4 Å². The number of amides is 1. The summed E-state index contributed by atoms with van der Waals surface area (Å²) in [5.74, 6) is 0.983. The molecule has 3 aliphatic rings. The third-order valence-corrected chi connectivity index (χ3v) is 5.90. The number of carbonyl (C=O) groups is 1. The largest absolute Gasteiger partial charge is 0.352 e. The van der Waals surface area contributed by atoms with Gasteiger partial charge in [-0.15, -0.1) is 0 Å². The van der Waals surface area contributed by atoms with Crippen molar-refractivity contribution in [2.45, 2.75) is 51.0 Å². The van der Waals surface area contributed by atoms with Gasteiger partial charge in [0.05, 0.1) is 17.2 Å². The zero-order valence-electron chi connectivity index (χ0n) is 14.3. The lowest BCUT2D eigenvalue weighted by Crippen LogP contribution is -2.65. The summed E-state index contributed by atoms with van der Waals surface area (Å²) < 4.78 is 0. The molecule has 1 aromatic rings. The average Bonchev–Trinajstić information content (AvgIpc) is 3.16. The van der Waals surface area contributed by atoms with Crippen LogP contribution in [0.2, 0.25) is 0 Å². The molecule has 0 N–H and O–H groups in total. The Labute approximate surface area is 142 Å². The maximum absolute atomic E-state index is 12.9. The molecule has 4 rings (SSSR count). The number of rotatable bonds is 2. The third kappa shape index (κ3) is 1.97. The standard InChI is InChI=1S/C18H23N5O/c1-13(2)23-12-18(14-15(23)21-8-7-20-14)10-22(11-18)16(24)17(9-19)5-3-4-6-17/h7-8,13H,3-6,10-12H2,1-2H3. The normalized spacial score (nSPS) is 23.2. The van der Waals surface area contributed by atoms with Gasteiger partial charge in [0.15, 0.2) is 5.82 Å². The van der Waals surface area contributed by atoms with E-state index in [0.29, 0.717) is 32.0 Å². The summed E-state index contributed by atoms with van der Waals surface area (Å²) >= 11 is 0. The first-order chi connectivity index (χ1) is 11.5. The molecule has 126 valence electrons. The van der Waals surface area contributed by atoms with Crippen LogP contribution in [0, 0.1) is 16.7 Å². The summed E-state index contributed by atoms with van der Waals surface area (Å²) in [6, 6.07) is 2.67. The van der Waals surface area contributed by atoms with Gasteiger partial charge >= 0.3 is 0 Å². The molecule has 6 nitrogen and oxygen atoms in total. The first kappa shape index (κ1) is 15.4. The molecule has 3 heterocycles. The fourth-order valence-electron chi connectivity index (χ4n) is 4.55. The molecule has 1 spiro atoms. The van der Waals surface area contributed by atoms with Crippen LogP contribution in [0.3, 0.4) is 0 Å². The molecule has 0 atom stereocenters. The van der Waals surface area contributed by atoms with Crippen LogP contribution in [-0.4, -0.2) is 46.5 Å². The van der Waals surface area contributed by atoms with Crippen molar-refractivity contribution in [3.05, 3.63) is 18.1 Å². The topological polar surface area (TPSA) is 73.1 Å². The zero-order valence-corrected chi connectivity index (χ0v) is 14.3.